The van der Waals surface area contributed by atoms with Crippen LogP contribution in [0.2, 0.25) is 0 Å². The summed E-state index contributed by atoms with van der Waals surface area (Å²) in [6.45, 7) is 8.00. The SMILES string of the molecule is CC(COC(C)(C)C)CS(N)(=O)=O. The average Bonchev–Trinajstić information content (AvgIpc) is 1.78. The van der Waals surface area contributed by atoms with E-state index in [9.17, 15) is 8.42 Å². The van der Waals surface area contributed by atoms with E-state index in [1.54, 1.807) is 6.92 Å². The van der Waals surface area contributed by atoms with Gasteiger partial charge in [-0.3, -0.25) is 0 Å². The standard InChI is InChI=1S/C8H19NO3S/c1-7(6-13(9,10)11)5-12-8(2,3)4/h7H,5-6H2,1-4H3,(H2,9,10,11). The maximum atomic E-state index is 10.7. The van der Waals surface area contributed by atoms with Crippen molar-refractivity contribution in [3.63, 3.8) is 0 Å². The summed E-state index contributed by atoms with van der Waals surface area (Å²) < 4.78 is 26.8. The molecule has 0 heterocycles. The van der Waals surface area contributed by atoms with Crippen LogP contribution >= 0.6 is 0 Å². The van der Waals surface area contributed by atoms with Gasteiger partial charge in [0, 0.05) is 0 Å². The molecule has 0 aliphatic rings. The van der Waals surface area contributed by atoms with Crippen molar-refractivity contribution >= 4 is 10.0 Å². The molecule has 0 aliphatic heterocycles. The number of ether oxygens (including phenoxy) is 1. The second kappa shape index (κ2) is 4.39. The summed E-state index contributed by atoms with van der Waals surface area (Å²) in [4.78, 5) is 0. The van der Waals surface area contributed by atoms with Gasteiger partial charge in [-0.1, -0.05) is 6.92 Å². The van der Waals surface area contributed by atoms with Crippen molar-refractivity contribution in [2.45, 2.75) is 33.3 Å². The Morgan fingerprint density at radius 3 is 2.15 bits per heavy atom. The maximum Gasteiger partial charge on any atom is 0.209 e. The van der Waals surface area contributed by atoms with Crippen molar-refractivity contribution in [1.82, 2.24) is 0 Å². The van der Waals surface area contributed by atoms with Gasteiger partial charge in [0.05, 0.1) is 18.0 Å². The van der Waals surface area contributed by atoms with Crippen molar-refractivity contribution in [3.05, 3.63) is 0 Å². The van der Waals surface area contributed by atoms with Crippen LogP contribution in [0.5, 0.6) is 0 Å². The Balaban J connectivity index is 3.84. The van der Waals surface area contributed by atoms with Crippen LogP contribution in [-0.4, -0.2) is 26.4 Å². The number of primary sulfonamides is 1. The molecular weight excluding hydrogens is 190 g/mol. The molecule has 0 radical (unpaired) electrons. The van der Waals surface area contributed by atoms with E-state index >= 15 is 0 Å². The molecule has 13 heavy (non-hydrogen) atoms. The fraction of sp³-hybridized carbons (Fsp3) is 1.00. The second-order valence-electron chi connectivity index (χ2n) is 4.36. The lowest BCUT2D eigenvalue weighted by molar-refractivity contribution is -0.0163. The summed E-state index contributed by atoms with van der Waals surface area (Å²) in [7, 11) is -3.37. The molecule has 2 N–H and O–H groups in total. The lowest BCUT2D eigenvalue weighted by atomic mass is 10.2. The molecule has 1 unspecified atom stereocenters. The van der Waals surface area contributed by atoms with E-state index < -0.39 is 10.0 Å². The highest BCUT2D eigenvalue weighted by Crippen LogP contribution is 2.09. The minimum absolute atomic E-state index is 0.0247. The molecule has 1 atom stereocenters. The van der Waals surface area contributed by atoms with Crippen LogP contribution < -0.4 is 5.14 Å². The predicted octanol–water partition coefficient (Wildman–Crippen LogP) is 0.726. The monoisotopic (exact) mass is 209 g/mol. The Morgan fingerprint density at radius 1 is 1.38 bits per heavy atom. The highest BCUT2D eigenvalue weighted by Gasteiger charge is 2.15. The first-order valence-corrected chi connectivity index (χ1v) is 5.96. The maximum absolute atomic E-state index is 10.7. The number of nitrogens with two attached hydrogens (primary N) is 1. The van der Waals surface area contributed by atoms with Crippen molar-refractivity contribution in [1.29, 1.82) is 0 Å². The number of hydrogen-bond donors (Lipinski definition) is 1. The number of hydrogen-bond acceptors (Lipinski definition) is 3. The van der Waals surface area contributed by atoms with Crippen LogP contribution in [0.3, 0.4) is 0 Å². The van der Waals surface area contributed by atoms with E-state index in [4.69, 9.17) is 9.88 Å². The van der Waals surface area contributed by atoms with Gasteiger partial charge in [0.2, 0.25) is 10.0 Å². The van der Waals surface area contributed by atoms with Crippen LogP contribution in [-0.2, 0) is 14.8 Å². The zero-order valence-corrected chi connectivity index (χ0v) is 9.52. The van der Waals surface area contributed by atoms with E-state index in [0.717, 1.165) is 0 Å². The number of sulfonamides is 1. The summed E-state index contributed by atoms with van der Waals surface area (Å²) in [6.07, 6.45) is 0. The highest BCUT2D eigenvalue weighted by molar-refractivity contribution is 7.89. The molecule has 80 valence electrons. The topological polar surface area (TPSA) is 69.4 Å². The quantitative estimate of drug-likeness (QED) is 0.742. The third-order valence-electron chi connectivity index (χ3n) is 1.32. The molecule has 0 aromatic rings. The Morgan fingerprint density at radius 2 is 1.85 bits per heavy atom. The molecule has 0 amide bonds. The predicted molar refractivity (Wildman–Crippen MR) is 52.8 cm³/mol. The zero-order chi connectivity index (χ0) is 10.7. The summed E-state index contributed by atoms with van der Waals surface area (Å²) in [5.74, 6) is -0.0856. The fourth-order valence-corrected chi connectivity index (χ4v) is 1.73. The summed E-state index contributed by atoms with van der Waals surface area (Å²) in [5, 5.41) is 4.89. The molecule has 0 saturated heterocycles. The second-order valence-corrected chi connectivity index (χ2v) is 6.02. The van der Waals surface area contributed by atoms with Crippen LogP contribution in [0.15, 0.2) is 0 Å². The lowest BCUT2D eigenvalue weighted by Crippen LogP contribution is -2.28. The number of rotatable bonds is 4. The normalized spacial score (nSPS) is 15.8. The van der Waals surface area contributed by atoms with Gasteiger partial charge in [-0.15, -0.1) is 0 Å². The zero-order valence-electron chi connectivity index (χ0n) is 8.70. The summed E-state index contributed by atoms with van der Waals surface area (Å²) in [5.41, 5.74) is -0.230. The fourth-order valence-electron chi connectivity index (χ4n) is 0.837. The van der Waals surface area contributed by atoms with Gasteiger partial charge in [0.15, 0.2) is 0 Å². The van der Waals surface area contributed by atoms with Gasteiger partial charge < -0.3 is 4.74 Å². The Bertz CT molecular complexity index is 241. The lowest BCUT2D eigenvalue weighted by Gasteiger charge is -2.22. The van der Waals surface area contributed by atoms with Gasteiger partial charge in [-0.2, -0.15) is 0 Å². The van der Waals surface area contributed by atoms with Gasteiger partial charge >= 0.3 is 0 Å². The van der Waals surface area contributed by atoms with Gasteiger partial charge in [0.1, 0.15) is 0 Å². The molecule has 0 aliphatic carbocycles. The molecule has 0 bridgehead atoms. The van der Waals surface area contributed by atoms with Crippen molar-refractivity contribution < 1.29 is 13.2 Å². The third kappa shape index (κ3) is 9.79. The van der Waals surface area contributed by atoms with Crippen molar-refractivity contribution in [2.24, 2.45) is 11.1 Å². The van der Waals surface area contributed by atoms with Crippen LogP contribution in [0.4, 0.5) is 0 Å². The first kappa shape index (κ1) is 12.9. The molecule has 0 saturated carbocycles. The molecule has 4 nitrogen and oxygen atoms in total. The van der Waals surface area contributed by atoms with E-state index in [2.05, 4.69) is 0 Å². The Labute approximate surface area is 80.5 Å². The minimum atomic E-state index is -3.37. The Hall–Kier alpha value is -0.130. The average molecular weight is 209 g/mol. The van der Waals surface area contributed by atoms with Crippen LogP contribution in [0.25, 0.3) is 0 Å². The van der Waals surface area contributed by atoms with Gasteiger partial charge in [0.25, 0.3) is 0 Å². The summed E-state index contributed by atoms with van der Waals surface area (Å²) in [6, 6.07) is 0. The highest BCUT2D eigenvalue weighted by atomic mass is 32.2. The largest absolute Gasteiger partial charge is 0.376 e. The third-order valence-corrected chi connectivity index (χ3v) is 2.35. The molecule has 0 rings (SSSR count). The smallest absolute Gasteiger partial charge is 0.209 e. The molecular formula is C8H19NO3S. The van der Waals surface area contributed by atoms with Crippen molar-refractivity contribution in [2.75, 3.05) is 12.4 Å². The molecule has 0 fully saturated rings. The molecule has 5 heteroatoms. The molecule has 0 aromatic heterocycles. The van der Waals surface area contributed by atoms with Crippen LogP contribution in [0.1, 0.15) is 27.7 Å². The Kier molecular flexibility index (Phi) is 4.35. The van der Waals surface area contributed by atoms with Gasteiger partial charge in [-0.05, 0) is 26.7 Å². The van der Waals surface area contributed by atoms with Crippen molar-refractivity contribution in [3.8, 4) is 0 Å². The van der Waals surface area contributed by atoms with E-state index in [0.29, 0.717) is 6.61 Å². The summed E-state index contributed by atoms with van der Waals surface area (Å²) >= 11 is 0. The minimum Gasteiger partial charge on any atom is -0.376 e. The first-order chi connectivity index (χ1) is 5.60. The van der Waals surface area contributed by atoms with E-state index in [-0.39, 0.29) is 17.3 Å². The molecule has 0 aromatic carbocycles. The van der Waals surface area contributed by atoms with Gasteiger partial charge in [-0.25, -0.2) is 13.6 Å². The first-order valence-electron chi connectivity index (χ1n) is 4.24. The van der Waals surface area contributed by atoms with Crippen LogP contribution in [0, 0.1) is 5.92 Å². The van der Waals surface area contributed by atoms with E-state index in [1.165, 1.54) is 0 Å². The molecule has 0 spiro atoms. The van der Waals surface area contributed by atoms with E-state index in [1.807, 2.05) is 20.8 Å².